The molecule has 0 saturated carbocycles. The van der Waals surface area contributed by atoms with Crippen LogP contribution in [0.4, 0.5) is 0 Å². The number of nitrogens with zero attached hydrogens (tertiary/aromatic N) is 1. The van der Waals surface area contributed by atoms with Gasteiger partial charge in [-0.3, -0.25) is 0 Å². The SMILES string of the molecule is CC(C)OC(=O)C(N)(CC(C)(C)C)c1ccc2nc(C#Cc3ccccc3)ccc2c1. The van der Waals surface area contributed by atoms with E-state index >= 15 is 0 Å². The fourth-order valence-electron chi connectivity index (χ4n) is 3.58. The van der Waals surface area contributed by atoms with E-state index in [2.05, 4.69) is 37.6 Å². The molecule has 0 amide bonds. The number of carbonyl (C=O) groups excluding carboxylic acids is 1. The van der Waals surface area contributed by atoms with Crippen LogP contribution in [0.25, 0.3) is 10.9 Å². The van der Waals surface area contributed by atoms with E-state index in [0.717, 1.165) is 22.0 Å². The van der Waals surface area contributed by atoms with Gasteiger partial charge in [0.25, 0.3) is 0 Å². The molecule has 3 aromatic rings. The summed E-state index contributed by atoms with van der Waals surface area (Å²) in [5, 5.41) is 0.906. The topological polar surface area (TPSA) is 65.2 Å². The van der Waals surface area contributed by atoms with Crippen LogP contribution >= 0.6 is 0 Å². The molecule has 0 bridgehead atoms. The minimum atomic E-state index is -1.23. The Kier molecular flexibility index (Phi) is 6.48. The Morgan fingerprint density at radius 1 is 1.03 bits per heavy atom. The molecule has 160 valence electrons. The first-order chi connectivity index (χ1) is 14.6. The molecular weight excluding hydrogens is 384 g/mol. The molecule has 0 spiro atoms. The number of aromatic nitrogens is 1. The number of nitrogens with two attached hydrogens (primary N) is 1. The third kappa shape index (κ3) is 5.71. The average Bonchev–Trinajstić information content (AvgIpc) is 2.70. The fraction of sp³-hybridized carbons (Fsp3) is 0.333. The molecule has 2 N–H and O–H groups in total. The van der Waals surface area contributed by atoms with Gasteiger partial charge in [0.2, 0.25) is 0 Å². The molecule has 0 radical (unpaired) electrons. The van der Waals surface area contributed by atoms with Crippen molar-refractivity contribution in [1.82, 2.24) is 4.98 Å². The van der Waals surface area contributed by atoms with Gasteiger partial charge in [0, 0.05) is 10.9 Å². The number of hydrogen-bond acceptors (Lipinski definition) is 4. The van der Waals surface area contributed by atoms with Crippen molar-refractivity contribution in [2.24, 2.45) is 11.1 Å². The molecule has 1 heterocycles. The Morgan fingerprint density at radius 2 is 1.74 bits per heavy atom. The lowest BCUT2D eigenvalue weighted by Gasteiger charge is -2.34. The summed E-state index contributed by atoms with van der Waals surface area (Å²) in [5.41, 5.74) is 8.49. The summed E-state index contributed by atoms with van der Waals surface area (Å²) in [4.78, 5) is 17.6. The van der Waals surface area contributed by atoms with Crippen LogP contribution in [-0.4, -0.2) is 17.1 Å². The molecule has 4 heteroatoms. The van der Waals surface area contributed by atoms with E-state index < -0.39 is 11.5 Å². The highest BCUT2D eigenvalue weighted by Crippen LogP contribution is 2.35. The zero-order valence-electron chi connectivity index (χ0n) is 18.9. The molecule has 3 rings (SSSR count). The van der Waals surface area contributed by atoms with Crippen molar-refractivity contribution >= 4 is 16.9 Å². The normalized spacial score (nSPS) is 13.4. The number of benzene rings is 2. The molecule has 0 fully saturated rings. The third-order valence-corrected chi connectivity index (χ3v) is 4.83. The van der Waals surface area contributed by atoms with Crippen molar-refractivity contribution < 1.29 is 9.53 Å². The highest BCUT2D eigenvalue weighted by molar-refractivity contribution is 5.86. The molecule has 1 atom stereocenters. The van der Waals surface area contributed by atoms with Crippen molar-refractivity contribution in [3.8, 4) is 11.8 Å². The summed E-state index contributed by atoms with van der Waals surface area (Å²) in [6.45, 7) is 9.86. The van der Waals surface area contributed by atoms with Gasteiger partial charge in [-0.1, -0.05) is 51.0 Å². The van der Waals surface area contributed by atoms with E-state index in [-0.39, 0.29) is 11.5 Å². The van der Waals surface area contributed by atoms with Crippen LogP contribution in [0.3, 0.4) is 0 Å². The van der Waals surface area contributed by atoms with Crippen LogP contribution in [-0.2, 0) is 15.1 Å². The number of esters is 1. The molecule has 0 saturated heterocycles. The monoisotopic (exact) mass is 414 g/mol. The van der Waals surface area contributed by atoms with E-state index in [1.807, 2.05) is 74.5 Å². The van der Waals surface area contributed by atoms with Crippen LogP contribution < -0.4 is 5.73 Å². The van der Waals surface area contributed by atoms with E-state index in [9.17, 15) is 4.79 Å². The first-order valence-electron chi connectivity index (χ1n) is 10.6. The van der Waals surface area contributed by atoms with Gasteiger partial charge in [-0.15, -0.1) is 0 Å². The van der Waals surface area contributed by atoms with Crippen molar-refractivity contribution in [3.63, 3.8) is 0 Å². The van der Waals surface area contributed by atoms with Crippen molar-refractivity contribution in [2.75, 3.05) is 0 Å². The number of pyridine rings is 1. The van der Waals surface area contributed by atoms with Crippen LogP contribution in [0, 0.1) is 17.3 Å². The number of hydrogen-bond donors (Lipinski definition) is 1. The average molecular weight is 415 g/mol. The van der Waals surface area contributed by atoms with Crippen molar-refractivity contribution in [3.05, 3.63) is 77.5 Å². The number of fused-ring (bicyclic) bond motifs is 1. The third-order valence-electron chi connectivity index (χ3n) is 4.83. The first-order valence-corrected chi connectivity index (χ1v) is 10.6. The highest BCUT2D eigenvalue weighted by atomic mass is 16.5. The van der Waals surface area contributed by atoms with Crippen molar-refractivity contribution in [1.29, 1.82) is 0 Å². The van der Waals surface area contributed by atoms with Gasteiger partial charge in [0.1, 0.15) is 11.2 Å². The van der Waals surface area contributed by atoms with Gasteiger partial charge in [-0.2, -0.15) is 0 Å². The Hall–Kier alpha value is -3.16. The van der Waals surface area contributed by atoms with Crippen LogP contribution in [0.15, 0.2) is 60.7 Å². The van der Waals surface area contributed by atoms with Gasteiger partial charge < -0.3 is 10.5 Å². The molecule has 1 unspecified atom stereocenters. The second kappa shape index (κ2) is 8.91. The summed E-state index contributed by atoms with van der Waals surface area (Å²) in [5.74, 6) is 5.83. The highest BCUT2D eigenvalue weighted by Gasteiger charge is 2.41. The largest absolute Gasteiger partial charge is 0.461 e. The Morgan fingerprint density at radius 3 is 2.39 bits per heavy atom. The minimum Gasteiger partial charge on any atom is -0.461 e. The van der Waals surface area contributed by atoms with Crippen LogP contribution in [0.1, 0.15) is 57.9 Å². The second-order valence-corrected chi connectivity index (χ2v) is 9.38. The summed E-state index contributed by atoms with van der Waals surface area (Å²) < 4.78 is 5.52. The molecule has 31 heavy (non-hydrogen) atoms. The first kappa shape index (κ1) is 22.5. The molecule has 4 nitrogen and oxygen atoms in total. The molecule has 0 aliphatic carbocycles. The molecule has 0 aliphatic heterocycles. The summed E-state index contributed by atoms with van der Waals surface area (Å²) >= 11 is 0. The second-order valence-electron chi connectivity index (χ2n) is 9.38. The van der Waals surface area contributed by atoms with Gasteiger partial charge in [0.05, 0.1) is 11.6 Å². The Balaban J connectivity index is 1.98. The zero-order chi connectivity index (χ0) is 22.6. The molecule has 2 aromatic carbocycles. The lowest BCUT2D eigenvalue weighted by molar-refractivity contribution is -0.156. The van der Waals surface area contributed by atoms with E-state index in [0.29, 0.717) is 12.1 Å². The molecule has 1 aromatic heterocycles. The maximum absolute atomic E-state index is 13.0. The summed E-state index contributed by atoms with van der Waals surface area (Å²) in [7, 11) is 0. The summed E-state index contributed by atoms with van der Waals surface area (Å²) in [6, 6.07) is 19.4. The summed E-state index contributed by atoms with van der Waals surface area (Å²) in [6.07, 6.45) is 0.230. The van der Waals surface area contributed by atoms with E-state index in [1.54, 1.807) is 0 Å². The zero-order valence-corrected chi connectivity index (χ0v) is 18.9. The number of carbonyl (C=O) groups is 1. The smallest absolute Gasteiger partial charge is 0.331 e. The molecular formula is C27H30N2O2. The fourth-order valence-corrected chi connectivity index (χ4v) is 3.58. The number of rotatable bonds is 4. The standard InChI is InChI=1S/C27H30N2O2/c1-19(2)31-25(30)27(28,18-26(3,4)5)22-13-16-24-21(17-22)12-15-23(29-24)14-11-20-9-7-6-8-10-20/h6-10,12-13,15-17,19H,18,28H2,1-5H3. The van der Waals surface area contributed by atoms with E-state index in [1.165, 1.54) is 0 Å². The van der Waals surface area contributed by atoms with Crippen LogP contribution in [0.5, 0.6) is 0 Å². The van der Waals surface area contributed by atoms with Crippen LogP contribution in [0.2, 0.25) is 0 Å². The predicted molar refractivity (Wildman–Crippen MR) is 125 cm³/mol. The van der Waals surface area contributed by atoms with Gasteiger partial charge in [-0.25, -0.2) is 9.78 Å². The van der Waals surface area contributed by atoms with Crippen molar-refractivity contribution in [2.45, 2.75) is 52.7 Å². The van der Waals surface area contributed by atoms with Gasteiger partial charge in [0.15, 0.2) is 0 Å². The molecule has 0 aliphatic rings. The Labute approximate surface area is 184 Å². The lowest BCUT2D eigenvalue weighted by atomic mass is 9.76. The maximum Gasteiger partial charge on any atom is 0.331 e. The minimum absolute atomic E-state index is 0.158. The maximum atomic E-state index is 13.0. The quantitative estimate of drug-likeness (QED) is 0.472. The van der Waals surface area contributed by atoms with E-state index in [4.69, 9.17) is 10.5 Å². The van der Waals surface area contributed by atoms with Gasteiger partial charge >= 0.3 is 5.97 Å². The number of ether oxygens (including phenoxy) is 1. The Bertz CT molecular complexity index is 1130. The lowest BCUT2D eigenvalue weighted by Crippen LogP contribution is -2.49. The van der Waals surface area contributed by atoms with Gasteiger partial charge in [-0.05, 0) is 73.6 Å². The predicted octanol–water partition coefficient (Wildman–Crippen LogP) is 5.18.